The molecule has 0 bridgehead atoms. The molecule has 1 aliphatic heterocycles. The highest BCUT2D eigenvalue weighted by Crippen LogP contribution is 2.30. The van der Waals surface area contributed by atoms with E-state index in [2.05, 4.69) is 22.2 Å². The molecule has 4 nitrogen and oxygen atoms in total. The third-order valence-corrected chi connectivity index (χ3v) is 4.03. The van der Waals surface area contributed by atoms with Crippen molar-refractivity contribution in [3.8, 4) is 5.88 Å². The fraction of sp³-hybridized carbons (Fsp3) is 0.615. The second-order valence-electron chi connectivity index (χ2n) is 4.80. The number of pyridine rings is 1. The van der Waals surface area contributed by atoms with Crippen molar-refractivity contribution in [2.45, 2.75) is 25.3 Å². The van der Waals surface area contributed by atoms with Crippen LogP contribution in [0.5, 0.6) is 5.88 Å². The average molecular weight is 304 g/mol. The van der Waals surface area contributed by atoms with Crippen LogP contribution in [0.15, 0.2) is 6.07 Å². The van der Waals surface area contributed by atoms with Crippen LogP contribution in [-0.2, 0) is 0 Å². The minimum absolute atomic E-state index is 0.431. The molecule has 1 N–H and O–H groups in total. The number of aromatic nitrogens is 1. The Morgan fingerprint density at radius 3 is 2.89 bits per heavy atom. The van der Waals surface area contributed by atoms with Gasteiger partial charge in [-0.1, -0.05) is 29.6 Å². The van der Waals surface area contributed by atoms with E-state index in [0.717, 1.165) is 13.0 Å². The smallest absolute Gasteiger partial charge is 0.234 e. The van der Waals surface area contributed by atoms with Gasteiger partial charge in [-0.15, -0.1) is 0 Å². The first-order chi connectivity index (χ1) is 9.11. The fourth-order valence-corrected chi connectivity index (χ4v) is 2.76. The molecule has 1 aromatic heterocycles. The third kappa shape index (κ3) is 3.65. The van der Waals surface area contributed by atoms with E-state index in [1.165, 1.54) is 12.8 Å². The number of nitrogens with zero attached hydrogens (tertiary/aromatic N) is 2. The maximum Gasteiger partial charge on any atom is 0.234 e. The molecule has 0 aromatic carbocycles. The van der Waals surface area contributed by atoms with Crippen molar-refractivity contribution < 1.29 is 4.74 Å². The van der Waals surface area contributed by atoms with E-state index >= 15 is 0 Å². The van der Waals surface area contributed by atoms with Crippen LogP contribution in [-0.4, -0.2) is 43.2 Å². The SMILES string of the molecule is CNc1nc(OCC2CCCCN2C)c(Cl)cc1Cl. The third-order valence-electron chi connectivity index (χ3n) is 3.47. The fourth-order valence-electron chi connectivity index (χ4n) is 2.26. The van der Waals surface area contributed by atoms with Crippen LogP contribution >= 0.6 is 23.2 Å². The zero-order valence-electron chi connectivity index (χ0n) is 11.2. The largest absolute Gasteiger partial charge is 0.475 e. The highest BCUT2D eigenvalue weighted by molar-refractivity contribution is 6.36. The topological polar surface area (TPSA) is 37.4 Å². The lowest BCUT2D eigenvalue weighted by atomic mass is 10.0. The quantitative estimate of drug-likeness (QED) is 0.926. The van der Waals surface area contributed by atoms with Crippen LogP contribution in [0.1, 0.15) is 19.3 Å². The van der Waals surface area contributed by atoms with E-state index in [9.17, 15) is 0 Å². The van der Waals surface area contributed by atoms with Crippen molar-refractivity contribution in [2.24, 2.45) is 0 Å². The number of rotatable bonds is 4. The molecule has 0 saturated carbocycles. The van der Waals surface area contributed by atoms with Crippen molar-refractivity contribution in [3.63, 3.8) is 0 Å². The molecule has 1 unspecified atom stereocenters. The van der Waals surface area contributed by atoms with Gasteiger partial charge in [0.1, 0.15) is 17.4 Å². The van der Waals surface area contributed by atoms with Gasteiger partial charge in [-0.3, -0.25) is 0 Å². The number of nitrogens with one attached hydrogen (secondary N) is 1. The first kappa shape index (κ1) is 14.7. The number of likely N-dealkylation sites (tertiary alicyclic amines) is 1. The lowest BCUT2D eigenvalue weighted by Crippen LogP contribution is -2.40. The van der Waals surface area contributed by atoms with Gasteiger partial charge in [-0.05, 0) is 32.5 Å². The summed E-state index contributed by atoms with van der Waals surface area (Å²) in [6.07, 6.45) is 3.67. The van der Waals surface area contributed by atoms with Crippen LogP contribution in [0, 0.1) is 0 Å². The number of piperidine rings is 1. The van der Waals surface area contributed by atoms with Gasteiger partial charge in [-0.25, -0.2) is 0 Å². The Hall–Kier alpha value is -0.710. The second-order valence-corrected chi connectivity index (χ2v) is 5.61. The highest BCUT2D eigenvalue weighted by atomic mass is 35.5. The van der Waals surface area contributed by atoms with E-state index in [0.29, 0.717) is 34.4 Å². The van der Waals surface area contributed by atoms with Crippen molar-refractivity contribution in [1.82, 2.24) is 9.88 Å². The standard InChI is InChI=1S/C13H19Cl2N3O/c1-16-12-10(14)7-11(15)13(17-12)19-8-9-5-3-4-6-18(9)2/h7,9H,3-6,8H2,1-2H3,(H,16,17). The molecule has 1 aromatic rings. The number of hydrogen-bond acceptors (Lipinski definition) is 4. The van der Waals surface area contributed by atoms with E-state index in [-0.39, 0.29) is 0 Å². The Morgan fingerprint density at radius 1 is 1.42 bits per heavy atom. The normalized spacial score (nSPS) is 20.3. The molecule has 106 valence electrons. The predicted octanol–water partition coefficient (Wildman–Crippen LogP) is 3.29. The number of hydrogen-bond donors (Lipinski definition) is 1. The number of likely N-dealkylation sites (N-methyl/N-ethyl adjacent to an activating group) is 1. The molecule has 1 saturated heterocycles. The Kier molecular flexibility index (Phi) is 5.13. The van der Waals surface area contributed by atoms with Gasteiger partial charge in [-0.2, -0.15) is 4.98 Å². The molecule has 1 atom stereocenters. The lowest BCUT2D eigenvalue weighted by molar-refractivity contribution is 0.123. The molecule has 19 heavy (non-hydrogen) atoms. The number of anilines is 1. The summed E-state index contributed by atoms with van der Waals surface area (Å²) in [5.74, 6) is 1.02. The molecule has 1 aliphatic rings. The first-order valence-electron chi connectivity index (χ1n) is 6.48. The molecule has 2 rings (SSSR count). The average Bonchev–Trinajstić information content (AvgIpc) is 2.39. The van der Waals surface area contributed by atoms with Crippen molar-refractivity contribution in [3.05, 3.63) is 16.1 Å². The van der Waals surface area contributed by atoms with Crippen molar-refractivity contribution in [1.29, 1.82) is 0 Å². The summed E-state index contributed by atoms with van der Waals surface area (Å²) >= 11 is 12.1. The van der Waals surface area contributed by atoms with Crippen LogP contribution in [0.4, 0.5) is 5.82 Å². The second kappa shape index (κ2) is 6.64. The zero-order valence-corrected chi connectivity index (χ0v) is 12.8. The zero-order chi connectivity index (χ0) is 13.8. The highest BCUT2D eigenvalue weighted by Gasteiger charge is 2.20. The van der Waals surface area contributed by atoms with Gasteiger partial charge >= 0.3 is 0 Å². The number of ether oxygens (including phenoxy) is 1. The van der Waals surface area contributed by atoms with Gasteiger partial charge < -0.3 is 15.0 Å². The minimum atomic E-state index is 0.431. The number of halogens is 2. The molecular weight excluding hydrogens is 285 g/mol. The molecular formula is C13H19Cl2N3O. The summed E-state index contributed by atoms with van der Waals surface area (Å²) in [5.41, 5.74) is 0. The molecule has 1 fully saturated rings. The Balaban J connectivity index is 2.02. The molecule has 6 heteroatoms. The predicted molar refractivity (Wildman–Crippen MR) is 79.6 cm³/mol. The molecule has 0 radical (unpaired) electrons. The monoisotopic (exact) mass is 303 g/mol. The Labute approximate surface area is 124 Å². The van der Waals surface area contributed by atoms with Crippen LogP contribution in [0.25, 0.3) is 0 Å². The van der Waals surface area contributed by atoms with Gasteiger partial charge in [0.25, 0.3) is 0 Å². The summed E-state index contributed by atoms with van der Waals surface area (Å²) in [6.45, 7) is 1.73. The van der Waals surface area contributed by atoms with Gasteiger partial charge in [0.05, 0.1) is 5.02 Å². The summed E-state index contributed by atoms with van der Waals surface area (Å²) in [5, 5.41) is 3.86. The minimum Gasteiger partial charge on any atom is -0.475 e. The van der Waals surface area contributed by atoms with Crippen LogP contribution < -0.4 is 10.1 Å². The van der Waals surface area contributed by atoms with Gasteiger partial charge in [0.2, 0.25) is 5.88 Å². The molecule has 0 spiro atoms. The van der Waals surface area contributed by atoms with E-state index in [4.69, 9.17) is 27.9 Å². The Bertz CT molecular complexity index is 442. The summed E-state index contributed by atoms with van der Waals surface area (Å²) < 4.78 is 5.76. The van der Waals surface area contributed by atoms with Gasteiger partial charge in [0, 0.05) is 13.1 Å². The van der Waals surface area contributed by atoms with E-state index in [1.54, 1.807) is 13.1 Å². The van der Waals surface area contributed by atoms with Crippen LogP contribution in [0.3, 0.4) is 0 Å². The lowest BCUT2D eigenvalue weighted by Gasteiger charge is -2.32. The summed E-state index contributed by atoms with van der Waals surface area (Å²) in [6, 6.07) is 2.09. The van der Waals surface area contributed by atoms with Crippen molar-refractivity contribution in [2.75, 3.05) is 32.6 Å². The van der Waals surface area contributed by atoms with Gasteiger partial charge in [0.15, 0.2) is 0 Å². The van der Waals surface area contributed by atoms with E-state index < -0.39 is 0 Å². The van der Waals surface area contributed by atoms with Crippen LogP contribution in [0.2, 0.25) is 10.0 Å². The summed E-state index contributed by atoms with van der Waals surface area (Å²) in [4.78, 5) is 6.61. The van der Waals surface area contributed by atoms with Crippen molar-refractivity contribution >= 4 is 29.0 Å². The molecule has 2 heterocycles. The molecule has 0 aliphatic carbocycles. The Morgan fingerprint density at radius 2 is 2.21 bits per heavy atom. The van der Waals surface area contributed by atoms with E-state index in [1.807, 2.05) is 0 Å². The summed E-state index contributed by atoms with van der Waals surface area (Å²) in [7, 11) is 3.89. The molecule has 0 amide bonds. The first-order valence-corrected chi connectivity index (χ1v) is 7.24. The maximum atomic E-state index is 6.10. The maximum absolute atomic E-state index is 6.10.